The number of hydrogen-bond acceptors (Lipinski definition) is 6. The van der Waals surface area contributed by atoms with Crippen molar-refractivity contribution < 1.29 is 28.6 Å². The third-order valence-electron chi connectivity index (χ3n) is 2.53. The number of nitrogens with zero attached hydrogens (tertiary/aromatic N) is 1. The molecule has 0 aliphatic rings. The van der Waals surface area contributed by atoms with Crippen LogP contribution in [0.5, 0.6) is 0 Å². The van der Waals surface area contributed by atoms with Crippen molar-refractivity contribution in [2.45, 2.75) is 59.6 Å². The van der Waals surface area contributed by atoms with E-state index >= 15 is 0 Å². The lowest BCUT2D eigenvalue weighted by Crippen LogP contribution is -2.46. The van der Waals surface area contributed by atoms with Gasteiger partial charge < -0.3 is 14.2 Å². The number of carbonyl (C=O) groups excluding carboxylic acids is 3. The maximum Gasteiger partial charge on any atom is 0.411 e. The molecule has 7 nitrogen and oxygen atoms in total. The van der Waals surface area contributed by atoms with Crippen LogP contribution in [0, 0.1) is 0 Å². The molecule has 1 unspecified atom stereocenters. The van der Waals surface area contributed by atoms with Crippen LogP contribution in [0.15, 0.2) is 0 Å². The van der Waals surface area contributed by atoms with Gasteiger partial charge in [-0.15, -0.1) is 0 Å². The molecule has 0 aromatic carbocycles. The van der Waals surface area contributed by atoms with Gasteiger partial charge in [-0.2, -0.15) is 0 Å². The second-order valence-corrected chi connectivity index (χ2v) is 5.77. The molecule has 0 heterocycles. The summed E-state index contributed by atoms with van der Waals surface area (Å²) >= 11 is 0. The van der Waals surface area contributed by atoms with Crippen molar-refractivity contribution in [3.63, 3.8) is 0 Å². The summed E-state index contributed by atoms with van der Waals surface area (Å²) in [4.78, 5) is 36.6. The molecule has 1 amide bonds. The Balaban J connectivity index is 4.94. The van der Waals surface area contributed by atoms with Gasteiger partial charge in [0.1, 0.15) is 12.1 Å². The topological polar surface area (TPSA) is 82.1 Å². The van der Waals surface area contributed by atoms with Gasteiger partial charge in [-0.3, -0.25) is 14.5 Å². The maximum atomic E-state index is 12.2. The van der Waals surface area contributed by atoms with Gasteiger partial charge in [-0.25, -0.2) is 4.79 Å². The van der Waals surface area contributed by atoms with Crippen LogP contribution < -0.4 is 0 Å². The highest BCUT2D eigenvalue weighted by Gasteiger charge is 2.29. The van der Waals surface area contributed by atoms with E-state index in [1.807, 2.05) is 0 Å². The van der Waals surface area contributed by atoms with E-state index < -0.39 is 29.7 Å². The third kappa shape index (κ3) is 8.49. The van der Waals surface area contributed by atoms with E-state index in [9.17, 15) is 14.4 Å². The van der Waals surface area contributed by atoms with Crippen LogP contribution in [0.1, 0.15) is 48.0 Å². The smallest absolute Gasteiger partial charge is 0.411 e. The average Bonchev–Trinajstić information content (AvgIpc) is 2.34. The molecule has 0 rings (SSSR count). The lowest BCUT2D eigenvalue weighted by molar-refractivity contribution is -0.148. The molecule has 1 atom stereocenters. The number of carbonyl (C=O) groups is 3. The predicted octanol–water partition coefficient (Wildman–Crippen LogP) is 2.13. The molecule has 0 spiro atoms. The number of rotatable bonds is 7. The third-order valence-corrected chi connectivity index (χ3v) is 2.53. The first-order valence-electron chi connectivity index (χ1n) is 7.41. The van der Waals surface area contributed by atoms with Crippen LogP contribution in [-0.2, 0) is 23.8 Å². The Morgan fingerprint density at radius 2 is 1.50 bits per heavy atom. The van der Waals surface area contributed by atoms with Crippen molar-refractivity contribution in [3.05, 3.63) is 0 Å². The molecule has 0 bridgehead atoms. The summed E-state index contributed by atoms with van der Waals surface area (Å²) in [7, 11) is 0. The first-order valence-corrected chi connectivity index (χ1v) is 7.41. The average molecular weight is 317 g/mol. The Labute approximate surface area is 131 Å². The molecule has 0 fully saturated rings. The molecule has 0 saturated carbocycles. The normalized spacial score (nSPS) is 12.3. The van der Waals surface area contributed by atoms with E-state index in [4.69, 9.17) is 14.2 Å². The van der Waals surface area contributed by atoms with Crippen molar-refractivity contribution in [2.75, 3.05) is 19.8 Å². The van der Waals surface area contributed by atoms with Crippen LogP contribution in [0.4, 0.5) is 4.79 Å². The number of ether oxygens (including phenoxy) is 3. The molecule has 22 heavy (non-hydrogen) atoms. The lowest BCUT2D eigenvalue weighted by atomic mass is 10.2. The summed E-state index contributed by atoms with van der Waals surface area (Å²) in [6.45, 7) is 10.4. The number of hydrogen-bond donors (Lipinski definition) is 0. The van der Waals surface area contributed by atoms with Crippen LogP contribution in [0.25, 0.3) is 0 Å². The van der Waals surface area contributed by atoms with E-state index in [-0.39, 0.29) is 26.2 Å². The molecule has 0 saturated heterocycles. The molecule has 0 radical (unpaired) electrons. The van der Waals surface area contributed by atoms with E-state index in [2.05, 4.69) is 0 Å². The number of esters is 2. The van der Waals surface area contributed by atoms with E-state index in [1.165, 1.54) is 4.90 Å². The lowest BCUT2D eigenvalue weighted by Gasteiger charge is -2.30. The minimum atomic E-state index is -0.701. The molecular formula is C15H27NO6. The second kappa shape index (κ2) is 9.27. The zero-order chi connectivity index (χ0) is 17.3. The zero-order valence-corrected chi connectivity index (χ0v) is 14.3. The molecule has 7 heteroatoms. The summed E-state index contributed by atoms with van der Waals surface area (Å²) < 4.78 is 15.0. The highest BCUT2D eigenvalue weighted by atomic mass is 16.6. The van der Waals surface area contributed by atoms with Crippen molar-refractivity contribution >= 4 is 18.0 Å². The minimum Gasteiger partial charge on any atom is -0.466 e. The summed E-state index contributed by atoms with van der Waals surface area (Å²) in [5, 5.41) is 0. The maximum absolute atomic E-state index is 12.2. The fourth-order valence-corrected chi connectivity index (χ4v) is 1.64. The van der Waals surface area contributed by atoms with E-state index in [0.29, 0.717) is 0 Å². The Hall–Kier alpha value is -1.79. The quantitative estimate of drug-likeness (QED) is 0.528. The van der Waals surface area contributed by atoms with Gasteiger partial charge in [0, 0.05) is 6.04 Å². The monoisotopic (exact) mass is 317 g/mol. The Morgan fingerprint density at radius 1 is 1.00 bits per heavy atom. The molecule has 128 valence electrons. The van der Waals surface area contributed by atoms with Crippen molar-refractivity contribution in [1.29, 1.82) is 0 Å². The molecule has 0 aliphatic carbocycles. The summed E-state index contributed by atoms with van der Waals surface area (Å²) in [6, 6.07) is -0.543. The summed E-state index contributed by atoms with van der Waals surface area (Å²) in [6.07, 6.45) is -0.690. The van der Waals surface area contributed by atoms with Crippen LogP contribution in [0.2, 0.25) is 0 Å². The summed E-state index contributed by atoms with van der Waals surface area (Å²) in [5.41, 5.74) is -0.701. The predicted molar refractivity (Wildman–Crippen MR) is 80.3 cm³/mol. The van der Waals surface area contributed by atoms with Crippen LogP contribution in [-0.4, -0.2) is 54.3 Å². The van der Waals surface area contributed by atoms with E-state index in [0.717, 1.165) is 0 Å². The largest absolute Gasteiger partial charge is 0.466 e. The molecule has 0 N–H and O–H groups in total. The van der Waals surface area contributed by atoms with Gasteiger partial charge >= 0.3 is 18.0 Å². The van der Waals surface area contributed by atoms with Crippen LogP contribution in [0.3, 0.4) is 0 Å². The van der Waals surface area contributed by atoms with E-state index in [1.54, 1.807) is 41.5 Å². The molecule has 0 aromatic heterocycles. The fraction of sp³-hybridized carbons (Fsp3) is 0.800. The first-order chi connectivity index (χ1) is 10.1. The summed E-state index contributed by atoms with van der Waals surface area (Å²) in [5.74, 6) is -0.989. The van der Waals surface area contributed by atoms with Gasteiger partial charge in [0.15, 0.2) is 0 Å². The standard InChI is InChI=1S/C15H27NO6/c1-7-20-12(17)9-11(3)16(10-13(18)21-8-2)14(19)22-15(4,5)6/h11H,7-10H2,1-6H3. The highest BCUT2D eigenvalue weighted by Crippen LogP contribution is 2.14. The molecule has 0 aromatic rings. The molecular weight excluding hydrogens is 290 g/mol. The van der Waals surface area contributed by atoms with Gasteiger partial charge in [0.05, 0.1) is 19.6 Å². The zero-order valence-electron chi connectivity index (χ0n) is 14.3. The number of amides is 1. The van der Waals surface area contributed by atoms with Crippen molar-refractivity contribution in [3.8, 4) is 0 Å². The first kappa shape index (κ1) is 20.2. The van der Waals surface area contributed by atoms with Gasteiger partial charge in [-0.05, 0) is 41.5 Å². The fourth-order valence-electron chi connectivity index (χ4n) is 1.64. The van der Waals surface area contributed by atoms with Crippen LogP contribution >= 0.6 is 0 Å². The second-order valence-electron chi connectivity index (χ2n) is 5.77. The Bertz CT molecular complexity index is 388. The Kier molecular flexibility index (Phi) is 8.52. The minimum absolute atomic E-state index is 0.0213. The Morgan fingerprint density at radius 3 is 1.95 bits per heavy atom. The van der Waals surface area contributed by atoms with Crippen molar-refractivity contribution in [1.82, 2.24) is 4.90 Å². The SMILES string of the molecule is CCOC(=O)CC(C)N(CC(=O)OCC)C(=O)OC(C)(C)C. The van der Waals surface area contributed by atoms with Gasteiger partial charge in [0.2, 0.25) is 0 Å². The van der Waals surface area contributed by atoms with Gasteiger partial charge in [0.25, 0.3) is 0 Å². The highest BCUT2D eigenvalue weighted by molar-refractivity contribution is 5.79. The molecule has 0 aliphatic heterocycles. The van der Waals surface area contributed by atoms with Crippen molar-refractivity contribution in [2.24, 2.45) is 0 Å². The van der Waals surface area contributed by atoms with Gasteiger partial charge in [-0.1, -0.05) is 0 Å².